The zero-order chi connectivity index (χ0) is 24.8. The number of benzene rings is 3. The Morgan fingerprint density at radius 1 is 1.09 bits per heavy atom. The Morgan fingerprint density at radius 3 is 2.54 bits per heavy atom. The molecule has 35 heavy (non-hydrogen) atoms. The van der Waals surface area contributed by atoms with Crippen LogP contribution in [0.4, 0.5) is 0 Å². The summed E-state index contributed by atoms with van der Waals surface area (Å²) in [5.41, 5.74) is 3.66. The van der Waals surface area contributed by atoms with Crippen molar-refractivity contribution in [3.05, 3.63) is 94.3 Å². The zero-order valence-electron chi connectivity index (χ0n) is 18.5. The molecule has 0 bridgehead atoms. The molecule has 0 spiro atoms. The smallest absolute Gasteiger partial charge is 0.336 e. The number of hydrogen-bond donors (Lipinski definition) is 2. The Hall–Kier alpha value is -4.44. The van der Waals surface area contributed by atoms with Gasteiger partial charge in [0.05, 0.1) is 41.2 Å². The number of thioether (sulfide) groups is 1. The minimum absolute atomic E-state index is 0.0706. The first kappa shape index (κ1) is 23.7. The Kier molecular flexibility index (Phi) is 7.22. The van der Waals surface area contributed by atoms with Crippen molar-refractivity contribution in [2.24, 2.45) is 5.10 Å². The standard InChI is InChI=1S/C25H20N4O5S/c1-34-18-12-10-17(11-13-18)29-23(31)20-8-4-5-9-21(20)27-25(29)35-15-22(30)28-26-14-16-6-2-3-7-19(16)24(32)33/h2-14H,15H2,1H3,(H,28,30)(H,32,33)/b26-14-. The summed E-state index contributed by atoms with van der Waals surface area (Å²) in [6.45, 7) is 0. The normalized spacial score (nSPS) is 11.0. The van der Waals surface area contributed by atoms with Crippen LogP contribution in [0.2, 0.25) is 0 Å². The summed E-state index contributed by atoms with van der Waals surface area (Å²) in [5.74, 6) is -0.958. The van der Waals surface area contributed by atoms with Crippen LogP contribution in [-0.2, 0) is 4.79 Å². The summed E-state index contributed by atoms with van der Waals surface area (Å²) in [4.78, 5) is 41.6. The van der Waals surface area contributed by atoms with Crippen LogP contribution in [0.1, 0.15) is 15.9 Å². The average molecular weight is 489 g/mol. The minimum Gasteiger partial charge on any atom is -0.497 e. The highest BCUT2D eigenvalue weighted by Gasteiger charge is 2.15. The van der Waals surface area contributed by atoms with Gasteiger partial charge in [-0.15, -0.1) is 0 Å². The van der Waals surface area contributed by atoms with Gasteiger partial charge in [0.2, 0.25) is 0 Å². The first-order valence-electron chi connectivity index (χ1n) is 10.4. The summed E-state index contributed by atoms with van der Waals surface area (Å²) in [6, 6.07) is 20.3. The SMILES string of the molecule is COc1ccc(-n2c(SCC(=O)N/N=C\c3ccccc3C(=O)O)nc3ccccc3c2=O)cc1. The first-order chi connectivity index (χ1) is 17.0. The molecule has 0 saturated carbocycles. The van der Waals surface area contributed by atoms with Crippen LogP contribution in [0.3, 0.4) is 0 Å². The molecule has 1 aromatic heterocycles. The second-order valence-corrected chi connectivity index (χ2v) is 8.17. The van der Waals surface area contributed by atoms with Gasteiger partial charge in [-0.3, -0.25) is 14.2 Å². The van der Waals surface area contributed by atoms with Gasteiger partial charge in [0.1, 0.15) is 5.75 Å². The van der Waals surface area contributed by atoms with Crippen LogP contribution in [0, 0.1) is 0 Å². The van der Waals surface area contributed by atoms with E-state index in [0.29, 0.717) is 33.1 Å². The molecule has 1 heterocycles. The molecular formula is C25H20N4O5S. The van der Waals surface area contributed by atoms with Crippen LogP contribution in [0.5, 0.6) is 5.75 Å². The molecule has 176 valence electrons. The number of aromatic carboxylic acids is 1. The molecule has 0 aliphatic heterocycles. The number of methoxy groups -OCH3 is 1. The number of hydrazone groups is 1. The summed E-state index contributed by atoms with van der Waals surface area (Å²) in [7, 11) is 1.56. The summed E-state index contributed by atoms with van der Waals surface area (Å²) < 4.78 is 6.65. The van der Waals surface area contributed by atoms with E-state index in [1.807, 2.05) is 0 Å². The van der Waals surface area contributed by atoms with Gasteiger partial charge in [0.25, 0.3) is 11.5 Å². The molecule has 0 unspecified atom stereocenters. The number of carboxylic acid groups (broad SMARTS) is 1. The van der Waals surface area contributed by atoms with Crippen molar-refractivity contribution >= 4 is 40.8 Å². The third-order valence-corrected chi connectivity index (χ3v) is 5.93. The number of rotatable bonds is 8. The molecule has 0 aliphatic rings. The van der Waals surface area contributed by atoms with Crippen LogP contribution in [0.25, 0.3) is 16.6 Å². The van der Waals surface area contributed by atoms with E-state index in [-0.39, 0.29) is 16.9 Å². The molecule has 10 heteroatoms. The number of ether oxygens (including phenoxy) is 1. The fourth-order valence-electron chi connectivity index (χ4n) is 3.31. The lowest BCUT2D eigenvalue weighted by atomic mass is 10.1. The average Bonchev–Trinajstić information content (AvgIpc) is 2.88. The molecule has 3 aromatic carbocycles. The maximum absolute atomic E-state index is 13.3. The van der Waals surface area contributed by atoms with Gasteiger partial charge >= 0.3 is 5.97 Å². The van der Waals surface area contributed by atoms with E-state index in [2.05, 4.69) is 15.5 Å². The predicted octanol–water partition coefficient (Wildman–Crippen LogP) is 3.33. The lowest BCUT2D eigenvalue weighted by Gasteiger charge is -2.13. The van der Waals surface area contributed by atoms with E-state index in [0.717, 1.165) is 11.8 Å². The van der Waals surface area contributed by atoms with Crippen molar-refractivity contribution < 1.29 is 19.4 Å². The number of carboxylic acids is 1. The van der Waals surface area contributed by atoms with E-state index in [1.165, 1.54) is 16.8 Å². The van der Waals surface area contributed by atoms with Gasteiger partial charge in [-0.2, -0.15) is 5.10 Å². The Labute approximate surface area is 204 Å². The van der Waals surface area contributed by atoms with Gasteiger partial charge in [-0.05, 0) is 42.5 Å². The Morgan fingerprint density at radius 2 is 1.80 bits per heavy atom. The van der Waals surface area contributed by atoms with Crippen molar-refractivity contribution in [2.75, 3.05) is 12.9 Å². The van der Waals surface area contributed by atoms with E-state index < -0.39 is 11.9 Å². The van der Waals surface area contributed by atoms with Gasteiger partial charge in [0.15, 0.2) is 5.16 Å². The number of nitrogens with one attached hydrogen (secondary N) is 1. The number of hydrogen-bond acceptors (Lipinski definition) is 7. The quantitative estimate of drug-likeness (QED) is 0.169. The third kappa shape index (κ3) is 5.39. The molecule has 4 aromatic rings. The zero-order valence-corrected chi connectivity index (χ0v) is 19.4. The number of aromatic nitrogens is 2. The largest absolute Gasteiger partial charge is 0.497 e. The summed E-state index contributed by atoms with van der Waals surface area (Å²) >= 11 is 1.08. The highest BCUT2D eigenvalue weighted by atomic mass is 32.2. The highest BCUT2D eigenvalue weighted by molar-refractivity contribution is 7.99. The second-order valence-electron chi connectivity index (χ2n) is 7.22. The van der Waals surface area contributed by atoms with Crippen molar-refractivity contribution in [1.82, 2.24) is 15.0 Å². The van der Waals surface area contributed by atoms with Crippen molar-refractivity contribution in [2.45, 2.75) is 5.16 Å². The predicted molar refractivity (Wildman–Crippen MR) is 134 cm³/mol. The lowest BCUT2D eigenvalue weighted by Crippen LogP contribution is -2.24. The number of fused-ring (bicyclic) bond motifs is 1. The molecule has 1 amide bonds. The number of carbonyl (C=O) groups excluding carboxylic acids is 1. The van der Waals surface area contributed by atoms with E-state index in [4.69, 9.17) is 4.74 Å². The Bertz CT molecular complexity index is 1480. The Balaban J connectivity index is 1.56. The third-order valence-electron chi connectivity index (χ3n) is 4.99. The van der Waals surface area contributed by atoms with Crippen LogP contribution < -0.4 is 15.7 Å². The minimum atomic E-state index is -1.09. The van der Waals surface area contributed by atoms with E-state index in [1.54, 1.807) is 73.8 Å². The lowest BCUT2D eigenvalue weighted by molar-refractivity contribution is -0.118. The number of carbonyl (C=O) groups is 2. The molecule has 0 atom stereocenters. The fraction of sp³-hybridized carbons (Fsp3) is 0.0800. The molecule has 0 fully saturated rings. The van der Waals surface area contributed by atoms with Crippen molar-refractivity contribution in [1.29, 1.82) is 0 Å². The van der Waals surface area contributed by atoms with Crippen molar-refractivity contribution in [3.8, 4) is 11.4 Å². The second kappa shape index (κ2) is 10.7. The molecule has 0 aliphatic carbocycles. The van der Waals surface area contributed by atoms with Crippen LogP contribution in [0.15, 0.2) is 87.8 Å². The fourth-order valence-corrected chi connectivity index (χ4v) is 4.11. The van der Waals surface area contributed by atoms with Gasteiger partial charge in [-0.1, -0.05) is 42.1 Å². The molecular weight excluding hydrogens is 468 g/mol. The van der Waals surface area contributed by atoms with E-state index in [9.17, 15) is 19.5 Å². The summed E-state index contributed by atoms with van der Waals surface area (Å²) in [5, 5.41) is 13.9. The van der Waals surface area contributed by atoms with Gasteiger partial charge < -0.3 is 9.84 Å². The molecule has 0 saturated heterocycles. The molecule has 9 nitrogen and oxygen atoms in total. The topological polar surface area (TPSA) is 123 Å². The molecule has 4 rings (SSSR count). The first-order valence-corrected chi connectivity index (χ1v) is 11.4. The highest BCUT2D eigenvalue weighted by Crippen LogP contribution is 2.22. The summed E-state index contributed by atoms with van der Waals surface area (Å²) in [6.07, 6.45) is 1.27. The van der Waals surface area contributed by atoms with E-state index >= 15 is 0 Å². The number of para-hydroxylation sites is 1. The monoisotopic (exact) mass is 488 g/mol. The van der Waals surface area contributed by atoms with Crippen LogP contribution in [-0.4, -0.2) is 45.6 Å². The van der Waals surface area contributed by atoms with Crippen LogP contribution >= 0.6 is 11.8 Å². The number of amides is 1. The number of nitrogens with zero attached hydrogens (tertiary/aromatic N) is 3. The van der Waals surface area contributed by atoms with Gasteiger partial charge in [-0.25, -0.2) is 15.2 Å². The van der Waals surface area contributed by atoms with Gasteiger partial charge in [0, 0.05) is 5.56 Å². The molecule has 2 N–H and O–H groups in total. The molecule has 0 radical (unpaired) electrons. The maximum Gasteiger partial charge on any atom is 0.336 e. The maximum atomic E-state index is 13.3. The van der Waals surface area contributed by atoms with Crippen molar-refractivity contribution in [3.63, 3.8) is 0 Å².